The maximum absolute atomic E-state index is 12.7. The molecule has 0 aromatic rings. The highest BCUT2D eigenvalue weighted by Crippen LogP contribution is 2.28. The number of thioether (sulfide) groups is 1. The molecule has 0 aromatic carbocycles. The first-order valence-electron chi connectivity index (χ1n) is 10.8. The van der Waals surface area contributed by atoms with Crippen LogP contribution in [-0.2, 0) is 4.79 Å². The van der Waals surface area contributed by atoms with Gasteiger partial charge in [0.25, 0.3) is 0 Å². The van der Waals surface area contributed by atoms with Crippen LogP contribution in [0.3, 0.4) is 0 Å². The third-order valence-corrected chi connectivity index (χ3v) is 7.13. The van der Waals surface area contributed by atoms with Crippen LogP contribution in [0, 0.1) is 11.8 Å². The molecule has 8 heteroatoms. The zero-order chi connectivity index (χ0) is 19.1. The van der Waals surface area contributed by atoms with Crippen molar-refractivity contribution in [2.24, 2.45) is 16.8 Å². The number of carbonyl (C=O) groups is 1. The van der Waals surface area contributed by atoms with Gasteiger partial charge < -0.3 is 20.6 Å². The molecule has 28 heavy (non-hydrogen) atoms. The molecule has 0 aromatic heterocycles. The second-order valence-electron chi connectivity index (χ2n) is 8.11. The lowest BCUT2D eigenvalue weighted by Crippen LogP contribution is -2.47. The molecule has 2 aliphatic carbocycles. The molecular formula is C20H37IN4O2S. The predicted octanol–water partition coefficient (Wildman–Crippen LogP) is 2.45. The van der Waals surface area contributed by atoms with Crippen LogP contribution in [-0.4, -0.2) is 71.7 Å². The van der Waals surface area contributed by atoms with E-state index < -0.39 is 0 Å². The number of aliphatic imine (C=N–C) groups is 1. The zero-order valence-electron chi connectivity index (χ0n) is 17.1. The van der Waals surface area contributed by atoms with E-state index in [2.05, 4.69) is 22.5 Å². The van der Waals surface area contributed by atoms with Crippen molar-refractivity contribution in [1.29, 1.82) is 0 Å². The minimum absolute atomic E-state index is 0. The molecule has 2 atom stereocenters. The summed E-state index contributed by atoms with van der Waals surface area (Å²) >= 11 is 1.95. The molecule has 1 amide bonds. The van der Waals surface area contributed by atoms with Crippen molar-refractivity contribution in [3.63, 3.8) is 0 Å². The van der Waals surface area contributed by atoms with Gasteiger partial charge in [-0.1, -0.05) is 6.42 Å². The topological polar surface area (TPSA) is 77.0 Å². The summed E-state index contributed by atoms with van der Waals surface area (Å²) in [6, 6.07) is 0.386. The highest BCUT2D eigenvalue weighted by molar-refractivity contribution is 14.0. The third-order valence-electron chi connectivity index (χ3n) is 6.19. The van der Waals surface area contributed by atoms with Gasteiger partial charge in [0.2, 0.25) is 5.91 Å². The number of hydrogen-bond acceptors (Lipinski definition) is 4. The lowest BCUT2D eigenvalue weighted by Gasteiger charge is -2.34. The second kappa shape index (κ2) is 12.5. The fourth-order valence-electron chi connectivity index (χ4n) is 4.48. The van der Waals surface area contributed by atoms with Gasteiger partial charge in [0.05, 0.1) is 6.10 Å². The van der Waals surface area contributed by atoms with Crippen molar-refractivity contribution < 1.29 is 9.90 Å². The van der Waals surface area contributed by atoms with Crippen LogP contribution >= 0.6 is 35.7 Å². The summed E-state index contributed by atoms with van der Waals surface area (Å²) in [7, 11) is 0. The number of nitrogens with one attached hydrogen (secondary N) is 2. The number of rotatable bonds is 5. The molecule has 2 unspecified atom stereocenters. The summed E-state index contributed by atoms with van der Waals surface area (Å²) in [4.78, 5) is 19.5. The van der Waals surface area contributed by atoms with Gasteiger partial charge >= 0.3 is 0 Å². The van der Waals surface area contributed by atoms with Crippen LogP contribution in [0.1, 0.15) is 51.9 Å². The van der Waals surface area contributed by atoms with Gasteiger partial charge in [0.15, 0.2) is 5.96 Å². The van der Waals surface area contributed by atoms with Crippen molar-refractivity contribution in [3.8, 4) is 0 Å². The van der Waals surface area contributed by atoms with Crippen LogP contribution in [0.15, 0.2) is 4.99 Å². The van der Waals surface area contributed by atoms with Gasteiger partial charge in [-0.25, -0.2) is 0 Å². The first kappa shape index (κ1) is 24.1. The highest BCUT2D eigenvalue weighted by Gasteiger charge is 2.30. The minimum atomic E-state index is -0.189. The lowest BCUT2D eigenvalue weighted by atomic mass is 9.85. The number of halogens is 1. The first-order valence-corrected chi connectivity index (χ1v) is 11.9. The summed E-state index contributed by atoms with van der Waals surface area (Å²) in [5.74, 6) is 3.92. The normalized spacial score (nSPS) is 31.2. The molecule has 3 aliphatic rings. The summed E-state index contributed by atoms with van der Waals surface area (Å²) in [6.07, 6.45) is 6.90. The van der Waals surface area contributed by atoms with Gasteiger partial charge in [0.1, 0.15) is 0 Å². The lowest BCUT2D eigenvalue weighted by molar-refractivity contribution is -0.136. The van der Waals surface area contributed by atoms with Crippen molar-refractivity contribution in [3.05, 3.63) is 0 Å². The van der Waals surface area contributed by atoms with E-state index in [4.69, 9.17) is 4.99 Å². The van der Waals surface area contributed by atoms with Gasteiger partial charge in [-0.3, -0.25) is 9.79 Å². The van der Waals surface area contributed by atoms with E-state index >= 15 is 0 Å². The second-order valence-corrected chi connectivity index (χ2v) is 9.33. The molecular weight excluding hydrogens is 487 g/mol. The summed E-state index contributed by atoms with van der Waals surface area (Å²) in [6.45, 7) is 5.45. The molecule has 1 aliphatic heterocycles. The fourth-order valence-corrected chi connectivity index (χ4v) is 5.38. The molecule has 3 rings (SSSR count). The zero-order valence-corrected chi connectivity index (χ0v) is 20.2. The molecule has 6 nitrogen and oxygen atoms in total. The molecule has 0 bridgehead atoms. The van der Waals surface area contributed by atoms with Gasteiger partial charge in [-0.15, -0.1) is 24.0 Å². The maximum atomic E-state index is 12.7. The van der Waals surface area contributed by atoms with Crippen LogP contribution in [0.2, 0.25) is 0 Å². The van der Waals surface area contributed by atoms with E-state index in [1.807, 2.05) is 11.8 Å². The van der Waals surface area contributed by atoms with Gasteiger partial charge in [-0.05, 0) is 45.4 Å². The Morgan fingerprint density at radius 3 is 2.46 bits per heavy atom. The average Bonchev–Trinajstić information content (AvgIpc) is 3.12. The van der Waals surface area contributed by atoms with Crippen molar-refractivity contribution in [1.82, 2.24) is 15.5 Å². The Balaban J connectivity index is 0.00000280. The van der Waals surface area contributed by atoms with E-state index in [1.54, 1.807) is 0 Å². The Labute approximate surface area is 191 Å². The standard InChI is InChI=1S/C20H36N4O2S.HI/c1-2-21-20(22-14-16-4-3-5-18(16)25)23-17-8-6-15(7-9-17)19(26)24-10-12-27-13-11-24;/h15-18,25H,2-14H2,1H3,(H2,21,22,23);1H. The minimum Gasteiger partial charge on any atom is -0.393 e. The molecule has 3 N–H and O–H groups in total. The maximum Gasteiger partial charge on any atom is 0.225 e. The quantitative estimate of drug-likeness (QED) is 0.293. The van der Waals surface area contributed by atoms with Crippen LogP contribution in [0.4, 0.5) is 0 Å². The van der Waals surface area contributed by atoms with E-state index in [0.29, 0.717) is 24.4 Å². The summed E-state index contributed by atoms with van der Waals surface area (Å²) in [5.41, 5.74) is 0. The van der Waals surface area contributed by atoms with E-state index in [0.717, 1.165) is 82.0 Å². The van der Waals surface area contributed by atoms with E-state index in [-0.39, 0.29) is 36.0 Å². The first-order chi connectivity index (χ1) is 13.2. The fraction of sp³-hybridized carbons (Fsp3) is 0.900. The Kier molecular flexibility index (Phi) is 10.7. The molecule has 0 radical (unpaired) electrons. The van der Waals surface area contributed by atoms with Crippen molar-refractivity contribution in [2.45, 2.75) is 64.0 Å². The number of amides is 1. The Morgan fingerprint density at radius 1 is 1.14 bits per heavy atom. The molecule has 1 saturated heterocycles. The van der Waals surface area contributed by atoms with Crippen LogP contribution < -0.4 is 10.6 Å². The molecule has 2 saturated carbocycles. The van der Waals surface area contributed by atoms with Gasteiger partial charge in [0, 0.05) is 55.6 Å². The van der Waals surface area contributed by atoms with Gasteiger partial charge in [-0.2, -0.15) is 11.8 Å². The Morgan fingerprint density at radius 2 is 1.86 bits per heavy atom. The smallest absolute Gasteiger partial charge is 0.225 e. The van der Waals surface area contributed by atoms with Crippen molar-refractivity contribution >= 4 is 47.6 Å². The number of aliphatic hydroxyl groups is 1. The summed E-state index contributed by atoms with van der Waals surface area (Å²) < 4.78 is 0. The average molecular weight is 525 g/mol. The van der Waals surface area contributed by atoms with Crippen LogP contribution in [0.5, 0.6) is 0 Å². The van der Waals surface area contributed by atoms with Crippen LogP contribution in [0.25, 0.3) is 0 Å². The van der Waals surface area contributed by atoms with Crippen molar-refractivity contribution in [2.75, 3.05) is 37.7 Å². The molecule has 162 valence electrons. The Bertz CT molecular complexity index is 508. The SMILES string of the molecule is CCNC(=NCC1CCCC1O)NC1CCC(C(=O)N2CCSCC2)CC1.I. The summed E-state index contributed by atoms with van der Waals surface area (Å²) in [5, 5.41) is 16.9. The largest absolute Gasteiger partial charge is 0.393 e. The molecule has 0 spiro atoms. The molecule has 1 heterocycles. The predicted molar refractivity (Wildman–Crippen MR) is 128 cm³/mol. The monoisotopic (exact) mass is 524 g/mol. The number of aliphatic hydroxyl groups excluding tert-OH is 1. The Hall–Kier alpha value is -0.220. The third kappa shape index (κ3) is 6.93. The number of hydrogen-bond donors (Lipinski definition) is 3. The number of nitrogens with zero attached hydrogens (tertiary/aromatic N) is 2. The highest BCUT2D eigenvalue weighted by atomic mass is 127. The number of guanidine groups is 1. The molecule has 3 fully saturated rings. The van der Waals surface area contributed by atoms with E-state index in [9.17, 15) is 9.90 Å². The number of carbonyl (C=O) groups excluding carboxylic acids is 1. The van der Waals surface area contributed by atoms with E-state index in [1.165, 1.54) is 0 Å².